The van der Waals surface area contributed by atoms with Crippen molar-refractivity contribution in [3.05, 3.63) is 76.2 Å². The fourth-order valence-corrected chi connectivity index (χ4v) is 2.78. The molecule has 0 aliphatic carbocycles. The Morgan fingerprint density at radius 2 is 1.83 bits per heavy atom. The molecular formula is C21H24N4O4. The largest absolute Gasteiger partial charge is 0.474 e. The van der Waals surface area contributed by atoms with E-state index >= 15 is 0 Å². The molecule has 1 atom stereocenters. The summed E-state index contributed by atoms with van der Waals surface area (Å²) in [5, 5.41) is 8.14. The van der Waals surface area contributed by atoms with Crippen molar-refractivity contribution in [1.29, 1.82) is 0 Å². The van der Waals surface area contributed by atoms with Crippen LogP contribution in [-0.2, 0) is 23.2 Å². The molecule has 1 aromatic heterocycles. The number of ether oxygens (including phenoxy) is 2. The van der Waals surface area contributed by atoms with Crippen molar-refractivity contribution in [3.8, 4) is 11.7 Å². The smallest absolute Gasteiger partial charge is 0.353 e. The molecule has 0 bridgehead atoms. The van der Waals surface area contributed by atoms with Gasteiger partial charge in [0.05, 0.1) is 12.8 Å². The summed E-state index contributed by atoms with van der Waals surface area (Å²) in [6.07, 6.45) is -0.194. The predicted octanol–water partition coefficient (Wildman–Crippen LogP) is 3.21. The number of oxime groups is 1. The molecule has 0 radical (unpaired) electrons. The number of benzene rings is 2. The number of nitrogens with zero attached hydrogens (tertiary/aromatic N) is 4. The minimum absolute atomic E-state index is 0.194. The molecule has 1 unspecified atom stereocenters. The van der Waals surface area contributed by atoms with Gasteiger partial charge in [0.1, 0.15) is 12.7 Å². The summed E-state index contributed by atoms with van der Waals surface area (Å²) in [5.74, 6) is 0.382. The average Bonchev–Trinajstić information content (AvgIpc) is 3.04. The lowest BCUT2D eigenvalue weighted by molar-refractivity contribution is 0.0639. The number of methoxy groups -OCH3 is 1. The van der Waals surface area contributed by atoms with Crippen molar-refractivity contribution >= 4 is 5.90 Å². The van der Waals surface area contributed by atoms with E-state index < -0.39 is 0 Å². The second-order valence-electron chi connectivity index (χ2n) is 6.41. The first-order valence-corrected chi connectivity index (χ1v) is 9.17. The van der Waals surface area contributed by atoms with E-state index in [4.69, 9.17) is 14.3 Å². The van der Waals surface area contributed by atoms with Gasteiger partial charge in [-0.2, -0.15) is 0 Å². The Labute approximate surface area is 168 Å². The van der Waals surface area contributed by atoms with Gasteiger partial charge in [-0.15, -0.1) is 5.10 Å². The quantitative estimate of drug-likeness (QED) is 0.348. The zero-order chi connectivity index (χ0) is 20.8. The third-order valence-electron chi connectivity index (χ3n) is 4.35. The molecule has 0 saturated carbocycles. The van der Waals surface area contributed by atoms with Crippen LogP contribution in [0.1, 0.15) is 31.1 Å². The number of aryl methyl sites for hydroxylation is 1. The van der Waals surface area contributed by atoms with E-state index in [0.29, 0.717) is 11.6 Å². The number of rotatable bonds is 7. The van der Waals surface area contributed by atoms with E-state index in [9.17, 15) is 4.79 Å². The third-order valence-corrected chi connectivity index (χ3v) is 4.35. The summed E-state index contributed by atoms with van der Waals surface area (Å²) >= 11 is 0. The average molecular weight is 396 g/mol. The van der Waals surface area contributed by atoms with Gasteiger partial charge in [-0.25, -0.2) is 14.0 Å². The Balaban J connectivity index is 1.73. The van der Waals surface area contributed by atoms with Gasteiger partial charge in [0.25, 0.3) is 0 Å². The van der Waals surface area contributed by atoms with Crippen LogP contribution in [0.15, 0.2) is 64.5 Å². The lowest BCUT2D eigenvalue weighted by Crippen LogP contribution is -2.22. The Morgan fingerprint density at radius 1 is 1.14 bits per heavy atom. The maximum absolute atomic E-state index is 12.5. The summed E-state index contributed by atoms with van der Waals surface area (Å²) in [4.78, 5) is 18.0. The zero-order valence-corrected chi connectivity index (χ0v) is 16.9. The zero-order valence-electron chi connectivity index (χ0n) is 16.9. The van der Waals surface area contributed by atoms with Crippen LogP contribution in [0.25, 0.3) is 5.69 Å². The van der Waals surface area contributed by atoms with Crippen LogP contribution in [0.3, 0.4) is 0 Å². The molecule has 0 spiro atoms. The van der Waals surface area contributed by atoms with Crippen LogP contribution >= 0.6 is 0 Å². The minimum atomic E-state index is -0.306. The normalized spacial score (nSPS) is 12.5. The van der Waals surface area contributed by atoms with Gasteiger partial charge in [0.2, 0.25) is 5.90 Å². The van der Waals surface area contributed by atoms with E-state index in [2.05, 4.69) is 10.3 Å². The Morgan fingerprint density at radius 3 is 2.55 bits per heavy atom. The molecule has 8 nitrogen and oxygen atoms in total. The number of para-hydroxylation sites is 1. The SMILES string of the molecule is COc1nn(C)c(=O)n1-c1ccccc1CO/C(C)=N/OC(C)c1ccccc1. The van der Waals surface area contributed by atoms with Gasteiger partial charge in [-0.3, -0.25) is 0 Å². The van der Waals surface area contributed by atoms with Gasteiger partial charge >= 0.3 is 11.7 Å². The molecule has 29 heavy (non-hydrogen) atoms. The van der Waals surface area contributed by atoms with Crippen molar-refractivity contribution < 1.29 is 14.3 Å². The summed E-state index contributed by atoms with van der Waals surface area (Å²) in [6.45, 7) is 3.85. The first-order valence-electron chi connectivity index (χ1n) is 9.17. The van der Waals surface area contributed by atoms with Crippen LogP contribution in [0, 0.1) is 0 Å². The van der Waals surface area contributed by atoms with Crippen molar-refractivity contribution in [2.45, 2.75) is 26.6 Å². The van der Waals surface area contributed by atoms with Crippen LogP contribution in [0.5, 0.6) is 6.01 Å². The Hall–Kier alpha value is -3.55. The number of aromatic nitrogens is 3. The van der Waals surface area contributed by atoms with Gasteiger partial charge in [0.15, 0.2) is 0 Å². The van der Waals surface area contributed by atoms with E-state index in [-0.39, 0.29) is 24.4 Å². The van der Waals surface area contributed by atoms with Crippen molar-refractivity contribution in [2.75, 3.05) is 7.11 Å². The molecule has 3 rings (SSSR count). The van der Waals surface area contributed by atoms with Crippen LogP contribution in [0.2, 0.25) is 0 Å². The lowest BCUT2D eigenvalue weighted by atomic mass is 10.1. The monoisotopic (exact) mass is 396 g/mol. The highest BCUT2D eigenvalue weighted by Crippen LogP contribution is 2.19. The molecule has 2 aromatic carbocycles. The fraction of sp³-hybridized carbons (Fsp3) is 0.286. The van der Waals surface area contributed by atoms with Crippen molar-refractivity contribution in [1.82, 2.24) is 14.3 Å². The molecule has 3 aromatic rings. The van der Waals surface area contributed by atoms with Gasteiger partial charge < -0.3 is 14.3 Å². The first kappa shape index (κ1) is 20.2. The summed E-state index contributed by atoms with van der Waals surface area (Å²) in [6, 6.07) is 17.4. The van der Waals surface area contributed by atoms with Crippen LogP contribution in [-0.4, -0.2) is 27.4 Å². The molecule has 0 saturated heterocycles. The molecule has 0 aliphatic heterocycles. The highest BCUT2D eigenvalue weighted by molar-refractivity contribution is 5.72. The van der Waals surface area contributed by atoms with Gasteiger partial charge in [-0.1, -0.05) is 53.7 Å². The lowest BCUT2D eigenvalue weighted by Gasteiger charge is -2.13. The van der Waals surface area contributed by atoms with Gasteiger partial charge in [-0.05, 0) is 18.6 Å². The maximum atomic E-state index is 12.5. The Kier molecular flexibility index (Phi) is 6.33. The van der Waals surface area contributed by atoms with Crippen molar-refractivity contribution in [3.63, 3.8) is 0 Å². The summed E-state index contributed by atoms with van der Waals surface area (Å²) < 4.78 is 13.6. The summed E-state index contributed by atoms with van der Waals surface area (Å²) in [5.41, 5.74) is 2.14. The highest BCUT2D eigenvalue weighted by atomic mass is 16.7. The second-order valence-corrected chi connectivity index (χ2v) is 6.41. The number of hydrogen-bond acceptors (Lipinski definition) is 6. The maximum Gasteiger partial charge on any atom is 0.353 e. The predicted molar refractivity (Wildman–Crippen MR) is 109 cm³/mol. The summed E-state index contributed by atoms with van der Waals surface area (Å²) in [7, 11) is 3.04. The van der Waals surface area contributed by atoms with Crippen LogP contribution in [0.4, 0.5) is 0 Å². The molecule has 0 aliphatic rings. The standard InChI is InChI=1S/C21H24N4O4/c1-15(17-10-6-5-7-11-17)29-23-16(2)28-14-18-12-8-9-13-19(18)25-20(27-4)22-24(3)21(25)26/h5-13,15H,14H2,1-4H3/b23-16+. The van der Waals surface area contributed by atoms with E-state index in [1.54, 1.807) is 14.0 Å². The van der Waals surface area contributed by atoms with E-state index in [1.807, 2.05) is 61.5 Å². The molecular weight excluding hydrogens is 372 g/mol. The highest BCUT2D eigenvalue weighted by Gasteiger charge is 2.16. The first-order chi connectivity index (χ1) is 14.0. The van der Waals surface area contributed by atoms with E-state index in [1.165, 1.54) is 16.4 Å². The van der Waals surface area contributed by atoms with E-state index in [0.717, 1.165) is 11.1 Å². The number of hydrogen-bond donors (Lipinski definition) is 0. The fourth-order valence-electron chi connectivity index (χ4n) is 2.78. The topological polar surface area (TPSA) is 79.9 Å². The second kappa shape index (κ2) is 9.09. The van der Waals surface area contributed by atoms with Gasteiger partial charge in [0, 0.05) is 19.5 Å². The third kappa shape index (κ3) is 4.66. The Bertz CT molecular complexity index is 1040. The molecule has 0 amide bonds. The molecule has 1 heterocycles. The molecule has 8 heteroatoms. The van der Waals surface area contributed by atoms with Crippen molar-refractivity contribution in [2.24, 2.45) is 12.2 Å². The molecule has 152 valence electrons. The molecule has 0 fully saturated rings. The van der Waals surface area contributed by atoms with Crippen LogP contribution < -0.4 is 10.4 Å². The molecule has 0 N–H and O–H groups in total. The minimum Gasteiger partial charge on any atom is -0.474 e.